The van der Waals surface area contributed by atoms with Crippen LogP contribution >= 0.6 is 0 Å². The van der Waals surface area contributed by atoms with Gasteiger partial charge in [0.15, 0.2) is 0 Å². The molecule has 1 aromatic rings. The average molecular weight is 217 g/mol. The van der Waals surface area contributed by atoms with Gasteiger partial charge in [-0.3, -0.25) is 4.79 Å². The smallest absolute Gasteiger partial charge is 0.224 e. The van der Waals surface area contributed by atoms with Crippen LogP contribution in [0.4, 0.5) is 5.69 Å². The Morgan fingerprint density at radius 1 is 1.50 bits per heavy atom. The molecule has 0 aliphatic rings. The first-order chi connectivity index (χ1) is 7.61. The first-order valence-electron chi connectivity index (χ1n) is 5.12. The first kappa shape index (κ1) is 12.1. The highest BCUT2D eigenvalue weighted by atomic mass is 16.1. The molecule has 1 rings (SSSR count). The average Bonchev–Trinajstić information content (AvgIpc) is 2.21. The molecule has 16 heavy (non-hydrogen) atoms. The second kappa shape index (κ2) is 5.76. The van der Waals surface area contributed by atoms with Crippen molar-refractivity contribution in [3.8, 4) is 6.07 Å². The van der Waals surface area contributed by atoms with E-state index in [1.165, 1.54) is 0 Å². The van der Waals surface area contributed by atoms with Gasteiger partial charge in [0.2, 0.25) is 5.91 Å². The second-order valence-corrected chi connectivity index (χ2v) is 3.75. The third-order valence-electron chi connectivity index (χ3n) is 2.15. The number of carbonyl (C=O) groups is 1. The maximum atomic E-state index is 11.5. The largest absolute Gasteiger partial charge is 0.399 e. The number of benzene rings is 1. The Hall–Kier alpha value is -2.02. The molecule has 0 heterocycles. The fraction of sp³-hybridized carbons (Fsp3) is 0.333. The third-order valence-corrected chi connectivity index (χ3v) is 2.15. The Labute approximate surface area is 95.1 Å². The van der Waals surface area contributed by atoms with E-state index in [1.54, 1.807) is 12.1 Å². The summed E-state index contributed by atoms with van der Waals surface area (Å²) in [7, 11) is 0. The summed E-state index contributed by atoms with van der Waals surface area (Å²) in [5, 5.41) is 11.2. The predicted octanol–water partition coefficient (Wildman–Crippen LogP) is 1.23. The number of nitrogens with two attached hydrogens (primary N) is 1. The van der Waals surface area contributed by atoms with Crippen molar-refractivity contribution in [3.63, 3.8) is 0 Å². The van der Waals surface area contributed by atoms with Gasteiger partial charge in [0.1, 0.15) is 0 Å². The number of amides is 1. The SMILES string of the molecule is CC(CC#N)NC(=O)Cc1ccc(N)cc1. The molecule has 0 aliphatic heterocycles. The number of carbonyl (C=O) groups excluding carboxylic acids is 1. The Morgan fingerprint density at radius 3 is 2.69 bits per heavy atom. The molecule has 3 N–H and O–H groups in total. The summed E-state index contributed by atoms with van der Waals surface area (Å²) in [4.78, 5) is 11.5. The maximum Gasteiger partial charge on any atom is 0.224 e. The lowest BCUT2D eigenvalue weighted by atomic mass is 10.1. The fourth-order valence-corrected chi connectivity index (χ4v) is 1.33. The number of nitrogen functional groups attached to an aromatic ring is 1. The molecule has 0 saturated carbocycles. The van der Waals surface area contributed by atoms with E-state index in [9.17, 15) is 4.79 Å². The highest BCUT2D eigenvalue weighted by Crippen LogP contribution is 2.06. The molecule has 0 aromatic heterocycles. The van der Waals surface area contributed by atoms with E-state index in [1.807, 2.05) is 25.1 Å². The van der Waals surface area contributed by atoms with Gasteiger partial charge in [-0.2, -0.15) is 5.26 Å². The molecule has 0 bridgehead atoms. The zero-order valence-electron chi connectivity index (χ0n) is 9.23. The Morgan fingerprint density at radius 2 is 2.12 bits per heavy atom. The van der Waals surface area contributed by atoms with Gasteiger partial charge in [-0.1, -0.05) is 12.1 Å². The van der Waals surface area contributed by atoms with Crippen LogP contribution in [0, 0.1) is 11.3 Å². The molecule has 1 unspecified atom stereocenters. The summed E-state index contributed by atoms with van der Waals surface area (Å²) >= 11 is 0. The number of anilines is 1. The molecule has 0 saturated heterocycles. The molecule has 0 fully saturated rings. The zero-order chi connectivity index (χ0) is 12.0. The van der Waals surface area contributed by atoms with Crippen LogP contribution in [0.5, 0.6) is 0 Å². The van der Waals surface area contributed by atoms with E-state index in [2.05, 4.69) is 5.32 Å². The molecule has 84 valence electrons. The summed E-state index contributed by atoms with van der Waals surface area (Å²) in [5.74, 6) is -0.0764. The molecular formula is C12H15N3O. The topological polar surface area (TPSA) is 78.9 Å². The van der Waals surface area contributed by atoms with Crippen molar-refractivity contribution in [2.75, 3.05) is 5.73 Å². The normalized spacial score (nSPS) is 11.5. The van der Waals surface area contributed by atoms with E-state index in [0.717, 1.165) is 5.56 Å². The number of rotatable bonds is 4. The van der Waals surface area contributed by atoms with Crippen LogP contribution in [0.15, 0.2) is 24.3 Å². The van der Waals surface area contributed by atoms with Crippen molar-refractivity contribution < 1.29 is 4.79 Å². The lowest BCUT2D eigenvalue weighted by Gasteiger charge is -2.10. The molecule has 1 atom stereocenters. The van der Waals surface area contributed by atoms with E-state index >= 15 is 0 Å². The molecule has 4 heteroatoms. The van der Waals surface area contributed by atoms with Crippen LogP contribution in [-0.2, 0) is 11.2 Å². The van der Waals surface area contributed by atoms with Crippen molar-refractivity contribution >= 4 is 11.6 Å². The predicted molar refractivity (Wildman–Crippen MR) is 62.4 cm³/mol. The van der Waals surface area contributed by atoms with Crippen molar-refractivity contribution in [1.82, 2.24) is 5.32 Å². The summed E-state index contributed by atoms with van der Waals surface area (Å²) in [5.41, 5.74) is 7.14. The molecular weight excluding hydrogens is 202 g/mol. The number of hydrogen-bond acceptors (Lipinski definition) is 3. The maximum absolute atomic E-state index is 11.5. The fourth-order valence-electron chi connectivity index (χ4n) is 1.33. The van der Waals surface area contributed by atoms with Crippen molar-refractivity contribution in [2.24, 2.45) is 0 Å². The van der Waals surface area contributed by atoms with Crippen LogP contribution in [0.3, 0.4) is 0 Å². The van der Waals surface area contributed by atoms with E-state index in [4.69, 9.17) is 11.0 Å². The molecule has 1 amide bonds. The zero-order valence-corrected chi connectivity index (χ0v) is 9.23. The van der Waals surface area contributed by atoms with Gasteiger partial charge in [-0.15, -0.1) is 0 Å². The van der Waals surface area contributed by atoms with Crippen molar-refractivity contribution in [2.45, 2.75) is 25.8 Å². The number of nitrogens with zero attached hydrogens (tertiary/aromatic N) is 1. The quantitative estimate of drug-likeness (QED) is 0.744. The lowest BCUT2D eigenvalue weighted by Crippen LogP contribution is -2.33. The minimum atomic E-state index is -0.105. The number of nitrogens with one attached hydrogen (secondary N) is 1. The standard InChI is InChI=1S/C12H15N3O/c1-9(6-7-13)15-12(16)8-10-2-4-11(14)5-3-10/h2-5,9H,6,8,14H2,1H3,(H,15,16). The third kappa shape index (κ3) is 4.01. The highest BCUT2D eigenvalue weighted by molar-refractivity contribution is 5.78. The summed E-state index contributed by atoms with van der Waals surface area (Å²) in [6, 6.07) is 9.08. The van der Waals surface area contributed by atoms with Gasteiger partial charge in [0.05, 0.1) is 18.9 Å². The van der Waals surface area contributed by atoms with Gasteiger partial charge in [-0.25, -0.2) is 0 Å². The Kier molecular flexibility index (Phi) is 4.34. The van der Waals surface area contributed by atoms with Crippen LogP contribution in [0.1, 0.15) is 18.9 Å². The summed E-state index contributed by atoms with van der Waals surface area (Å²) in [6.07, 6.45) is 0.642. The summed E-state index contributed by atoms with van der Waals surface area (Å²) < 4.78 is 0. The van der Waals surface area contributed by atoms with Crippen molar-refractivity contribution in [3.05, 3.63) is 29.8 Å². The van der Waals surface area contributed by atoms with E-state index in [-0.39, 0.29) is 11.9 Å². The number of nitriles is 1. The first-order valence-corrected chi connectivity index (χ1v) is 5.12. The van der Waals surface area contributed by atoms with Crippen LogP contribution in [0.2, 0.25) is 0 Å². The lowest BCUT2D eigenvalue weighted by molar-refractivity contribution is -0.121. The summed E-state index contributed by atoms with van der Waals surface area (Å²) in [6.45, 7) is 1.81. The van der Waals surface area contributed by atoms with Gasteiger partial charge in [0.25, 0.3) is 0 Å². The minimum absolute atomic E-state index is 0.0764. The number of hydrogen-bond donors (Lipinski definition) is 2. The van der Waals surface area contributed by atoms with Gasteiger partial charge >= 0.3 is 0 Å². The van der Waals surface area contributed by atoms with Gasteiger partial charge < -0.3 is 11.1 Å². The monoisotopic (exact) mass is 217 g/mol. The van der Waals surface area contributed by atoms with Crippen LogP contribution in [-0.4, -0.2) is 11.9 Å². The van der Waals surface area contributed by atoms with Crippen LogP contribution < -0.4 is 11.1 Å². The second-order valence-electron chi connectivity index (χ2n) is 3.75. The Bertz CT molecular complexity index is 392. The van der Waals surface area contributed by atoms with Crippen molar-refractivity contribution in [1.29, 1.82) is 5.26 Å². The molecule has 0 radical (unpaired) electrons. The Balaban J connectivity index is 2.46. The van der Waals surface area contributed by atoms with Gasteiger partial charge in [0, 0.05) is 11.7 Å². The van der Waals surface area contributed by atoms with E-state index < -0.39 is 0 Å². The molecule has 4 nitrogen and oxygen atoms in total. The molecule has 1 aromatic carbocycles. The minimum Gasteiger partial charge on any atom is -0.399 e. The highest BCUT2D eigenvalue weighted by Gasteiger charge is 2.07. The van der Waals surface area contributed by atoms with E-state index in [0.29, 0.717) is 18.5 Å². The van der Waals surface area contributed by atoms with Gasteiger partial charge in [-0.05, 0) is 24.6 Å². The van der Waals surface area contributed by atoms with Crippen LogP contribution in [0.25, 0.3) is 0 Å². The molecule has 0 aliphatic carbocycles. The molecule has 0 spiro atoms.